The molecule has 0 atom stereocenters. The number of allylic oxidation sites excluding steroid dienone is 2. The summed E-state index contributed by atoms with van der Waals surface area (Å²) in [6.45, 7) is 9.89. The summed E-state index contributed by atoms with van der Waals surface area (Å²) >= 11 is 0. The van der Waals surface area contributed by atoms with Crippen molar-refractivity contribution in [2.45, 2.75) is 26.7 Å². The number of aliphatic imine (C=N–C) groups is 1. The molecule has 0 aliphatic carbocycles. The largest absolute Gasteiger partial charge is 0.404 e. The van der Waals surface area contributed by atoms with Crippen molar-refractivity contribution < 1.29 is 0 Å². The summed E-state index contributed by atoms with van der Waals surface area (Å²) in [5.41, 5.74) is 13.7. The second-order valence-electron chi connectivity index (χ2n) is 5.04. The van der Waals surface area contributed by atoms with Crippen LogP contribution in [-0.2, 0) is 0 Å². The van der Waals surface area contributed by atoms with Crippen molar-refractivity contribution in [3.8, 4) is 0 Å². The molecule has 0 spiro atoms. The number of benzene rings is 1. The van der Waals surface area contributed by atoms with Crippen LogP contribution >= 0.6 is 0 Å². The summed E-state index contributed by atoms with van der Waals surface area (Å²) in [5.74, 6) is 0.365. The van der Waals surface area contributed by atoms with Crippen LogP contribution in [-0.4, -0.2) is 19.0 Å². The molecule has 4 heteroatoms. The zero-order valence-corrected chi connectivity index (χ0v) is 13.2. The van der Waals surface area contributed by atoms with Crippen molar-refractivity contribution in [2.24, 2.45) is 15.8 Å². The Morgan fingerprint density at radius 3 is 2.62 bits per heavy atom. The van der Waals surface area contributed by atoms with E-state index in [9.17, 15) is 0 Å². The minimum Gasteiger partial charge on any atom is -0.404 e. The molecule has 4 nitrogen and oxygen atoms in total. The summed E-state index contributed by atoms with van der Waals surface area (Å²) in [6.07, 6.45) is 5.04. The molecule has 112 valence electrons. The Labute approximate surface area is 127 Å². The van der Waals surface area contributed by atoms with Gasteiger partial charge in [0.2, 0.25) is 0 Å². The van der Waals surface area contributed by atoms with Crippen molar-refractivity contribution >= 4 is 23.2 Å². The van der Waals surface area contributed by atoms with E-state index in [0.717, 1.165) is 22.5 Å². The molecule has 1 aromatic carbocycles. The van der Waals surface area contributed by atoms with E-state index in [1.165, 1.54) is 5.56 Å². The lowest BCUT2D eigenvalue weighted by Gasteiger charge is -2.14. The first kappa shape index (κ1) is 16.7. The van der Waals surface area contributed by atoms with E-state index in [0.29, 0.717) is 5.92 Å². The van der Waals surface area contributed by atoms with Crippen molar-refractivity contribution in [1.29, 1.82) is 0 Å². The van der Waals surface area contributed by atoms with Crippen LogP contribution in [0.2, 0.25) is 0 Å². The molecule has 1 rings (SSSR count). The van der Waals surface area contributed by atoms with Gasteiger partial charge in [-0.2, -0.15) is 5.10 Å². The Morgan fingerprint density at radius 2 is 2.10 bits per heavy atom. The van der Waals surface area contributed by atoms with Gasteiger partial charge in [0.05, 0.1) is 11.4 Å². The molecule has 0 saturated heterocycles. The topological polar surface area (TPSA) is 62.8 Å². The molecule has 0 aromatic heterocycles. The summed E-state index contributed by atoms with van der Waals surface area (Å²) in [6, 6.07) is 6.14. The maximum Gasteiger partial charge on any atom is 0.0596 e. The highest BCUT2D eigenvalue weighted by atomic mass is 15.3. The fourth-order valence-corrected chi connectivity index (χ4v) is 1.87. The van der Waals surface area contributed by atoms with Gasteiger partial charge >= 0.3 is 0 Å². The molecule has 0 aliphatic heterocycles. The maximum atomic E-state index is 5.67. The fraction of sp³-hybridized carbons (Fsp3) is 0.294. The Kier molecular flexibility index (Phi) is 6.40. The van der Waals surface area contributed by atoms with Gasteiger partial charge < -0.3 is 5.73 Å². The molecule has 0 saturated carbocycles. The van der Waals surface area contributed by atoms with E-state index < -0.39 is 0 Å². The number of hydrogen-bond donors (Lipinski definition) is 2. The van der Waals surface area contributed by atoms with Gasteiger partial charge in [0.15, 0.2) is 0 Å². The van der Waals surface area contributed by atoms with Crippen LogP contribution < -0.4 is 11.2 Å². The normalized spacial score (nSPS) is 13.0. The fourth-order valence-electron chi connectivity index (χ4n) is 1.87. The first-order valence-corrected chi connectivity index (χ1v) is 6.94. The van der Waals surface area contributed by atoms with Gasteiger partial charge in [0, 0.05) is 25.0 Å². The number of nitrogens with two attached hydrogens (primary N) is 1. The first-order chi connectivity index (χ1) is 10.0. The Morgan fingerprint density at radius 1 is 1.38 bits per heavy atom. The van der Waals surface area contributed by atoms with E-state index >= 15 is 0 Å². The average molecular weight is 284 g/mol. The Balaban J connectivity index is 3.22. The summed E-state index contributed by atoms with van der Waals surface area (Å²) in [5, 5.41) is 4.27. The lowest BCUT2D eigenvalue weighted by atomic mass is 9.96. The van der Waals surface area contributed by atoms with Gasteiger partial charge in [0.1, 0.15) is 0 Å². The summed E-state index contributed by atoms with van der Waals surface area (Å²) < 4.78 is 0. The van der Waals surface area contributed by atoms with Gasteiger partial charge in [-0.15, -0.1) is 0 Å². The van der Waals surface area contributed by atoms with Crippen LogP contribution in [0.15, 0.2) is 47.1 Å². The zero-order valence-electron chi connectivity index (χ0n) is 13.2. The Hall–Kier alpha value is -2.36. The van der Waals surface area contributed by atoms with Crippen LogP contribution in [0.4, 0.5) is 5.69 Å². The zero-order chi connectivity index (χ0) is 15.8. The number of anilines is 1. The quantitative estimate of drug-likeness (QED) is 0.616. The van der Waals surface area contributed by atoms with Crippen LogP contribution in [0.3, 0.4) is 0 Å². The van der Waals surface area contributed by atoms with Gasteiger partial charge in [0.25, 0.3) is 0 Å². The molecule has 21 heavy (non-hydrogen) atoms. The molecule has 0 heterocycles. The third-order valence-electron chi connectivity index (χ3n) is 3.10. The van der Waals surface area contributed by atoms with Crippen LogP contribution in [0.25, 0.3) is 5.57 Å². The lowest BCUT2D eigenvalue weighted by Crippen LogP contribution is -2.01. The van der Waals surface area contributed by atoms with E-state index in [1.807, 2.05) is 19.1 Å². The highest BCUT2D eigenvalue weighted by molar-refractivity contribution is 6.09. The molecule has 0 bridgehead atoms. The average Bonchev–Trinajstić information content (AvgIpc) is 2.49. The minimum absolute atomic E-state index is 0.365. The molecule has 0 unspecified atom stereocenters. The highest BCUT2D eigenvalue weighted by Gasteiger charge is 2.09. The standard InChI is InChI=1S/C17H24N4/c1-6-13(4)20-21-17-8-7-14(9-16(17)12(2)3)15(10-18)11-19-5/h6-12,21H,1,18H2,2-5H3/b15-10+,19-11-,20-13-. The monoisotopic (exact) mass is 284 g/mol. The second-order valence-corrected chi connectivity index (χ2v) is 5.04. The Bertz CT molecular complexity index is 580. The van der Waals surface area contributed by atoms with Crippen molar-refractivity contribution in [2.75, 3.05) is 12.5 Å². The first-order valence-electron chi connectivity index (χ1n) is 6.94. The molecular weight excluding hydrogens is 260 g/mol. The SMILES string of the molecule is C=C/C(C)=N\Nc1ccc(C(/C=N\C)=C/N)cc1C(C)C. The number of rotatable bonds is 6. The molecule has 0 fully saturated rings. The van der Waals surface area contributed by atoms with Gasteiger partial charge in [-0.1, -0.05) is 26.5 Å². The summed E-state index contributed by atoms with van der Waals surface area (Å²) in [4.78, 5) is 4.03. The van der Waals surface area contributed by atoms with E-state index in [4.69, 9.17) is 5.73 Å². The molecule has 0 radical (unpaired) electrons. The highest BCUT2D eigenvalue weighted by Crippen LogP contribution is 2.27. The van der Waals surface area contributed by atoms with Crippen LogP contribution in [0.1, 0.15) is 37.8 Å². The van der Waals surface area contributed by atoms with E-state index in [-0.39, 0.29) is 0 Å². The van der Waals surface area contributed by atoms with Gasteiger partial charge in [-0.25, -0.2) is 0 Å². The molecular formula is C17H24N4. The van der Waals surface area contributed by atoms with E-state index in [2.05, 4.69) is 42.0 Å². The predicted octanol–water partition coefficient (Wildman–Crippen LogP) is 3.78. The lowest BCUT2D eigenvalue weighted by molar-refractivity contribution is 0.866. The minimum atomic E-state index is 0.365. The van der Waals surface area contributed by atoms with Crippen molar-refractivity contribution in [3.05, 3.63) is 48.2 Å². The molecule has 1 aromatic rings. The van der Waals surface area contributed by atoms with Crippen LogP contribution in [0.5, 0.6) is 0 Å². The van der Waals surface area contributed by atoms with Crippen LogP contribution in [0, 0.1) is 0 Å². The third-order valence-corrected chi connectivity index (χ3v) is 3.10. The number of hydrazone groups is 1. The van der Waals surface area contributed by atoms with Gasteiger partial charge in [-0.3, -0.25) is 10.4 Å². The second kappa shape index (κ2) is 8.04. The number of hydrogen-bond acceptors (Lipinski definition) is 4. The number of nitrogens with one attached hydrogen (secondary N) is 1. The predicted molar refractivity (Wildman–Crippen MR) is 94.0 cm³/mol. The smallest absolute Gasteiger partial charge is 0.0596 e. The van der Waals surface area contributed by atoms with E-state index in [1.54, 1.807) is 25.5 Å². The van der Waals surface area contributed by atoms with Crippen molar-refractivity contribution in [3.63, 3.8) is 0 Å². The summed E-state index contributed by atoms with van der Waals surface area (Å²) in [7, 11) is 1.73. The third kappa shape index (κ3) is 4.60. The van der Waals surface area contributed by atoms with Crippen molar-refractivity contribution in [1.82, 2.24) is 0 Å². The molecule has 0 aliphatic rings. The molecule has 3 N–H and O–H groups in total. The molecule has 0 amide bonds. The van der Waals surface area contributed by atoms with Gasteiger partial charge in [-0.05, 0) is 42.2 Å². The number of nitrogens with zero attached hydrogens (tertiary/aromatic N) is 2. The maximum absolute atomic E-state index is 5.67.